The van der Waals surface area contributed by atoms with Gasteiger partial charge in [0.05, 0.1) is 13.1 Å². The number of hydrogen-bond acceptors (Lipinski definition) is 5. The largest absolute Gasteiger partial charge is 0.350 e. The highest BCUT2D eigenvalue weighted by molar-refractivity contribution is 5.86. The standard InChI is InChI=1S/C18H27N5O2/c1-2-5-14-10-22(12-16-19-7-4-8-20-16)11-15(14)21-17(24)13-23-9-3-6-18(23)25/h4,7-8,14-15H,2-3,5-6,9-13H2,1H3,(H,21,24)/t14-,15-/m0/s1. The van der Waals surface area contributed by atoms with Gasteiger partial charge in [0.1, 0.15) is 5.82 Å². The summed E-state index contributed by atoms with van der Waals surface area (Å²) in [6.45, 7) is 5.52. The van der Waals surface area contributed by atoms with Gasteiger partial charge in [0, 0.05) is 44.5 Å². The molecule has 1 aromatic heterocycles. The van der Waals surface area contributed by atoms with Crippen molar-refractivity contribution in [3.63, 3.8) is 0 Å². The molecule has 0 saturated carbocycles. The minimum absolute atomic E-state index is 0.0424. The summed E-state index contributed by atoms with van der Waals surface area (Å²) < 4.78 is 0. The minimum atomic E-state index is -0.0424. The Bertz CT molecular complexity index is 594. The van der Waals surface area contributed by atoms with E-state index in [1.165, 1.54) is 0 Å². The van der Waals surface area contributed by atoms with E-state index < -0.39 is 0 Å². The van der Waals surface area contributed by atoms with Crippen LogP contribution in [0.25, 0.3) is 0 Å². The van der Waals surface area contributed by atoms with Crippen molar-refractivity contribution < 1.29 is 9.59 Å². The zero-order valence-electron chi connectivity index (χ0n) is 14.9. The molecule has 2 aliphatic rings. The predicted octanol–water partition coefficient (Wildman–Crippen LogP) is 0.816. The number of carbonyl (C=O) groups excluding carboxylic acids is 2. The molecule has 7 nitrogen and oxygen atoms in total. The molecule has 3 heterocycles. The Morgan fingerprint density at radius 1 is 1.32 bits per heavy atom. The van der Waals surface area contributed by atoms with Crippen molar-refractivity contribution in [1.29, 1.82) is 0 Å². The highest BCUT2D eigenvalue weighted by Crippen LogP contribution is 2.23. The van der Waals surface area contributed by atoms with Gasteiger partial charge in [0.25, 0.3) is 0 Å². The van der Waals surface area contributed by atoms with Crippen molar-refractivity contribution in [2.75, 3.05) is 26.2 Å². The molecule has 0 radical (unpaired) electrons. The van der Waals surface area contributed by atoms with Crippen LogP contribution in [0.15, 0.2) is 18.5 Å². The highest BCUT2D eigenvalue weighted by Gasteiger charge is 2.34. The van der Waals surface area contributed by atoms with Gasteiger partial charge in [-0.05, 0) is 24.8 Å². The first-order chi connectivity index (χ1) is 12.2. The van der Waals surface area contributed by atoms with Crippen molar-refractivity contribution in [1.82, 2.24) is 25.1 Å². The highest BCUT2D eigenvalue weighted by atomic mass is 16.2. The smallest absolute Gasteiger partial charge is 0.239 e. The molecule has 3 rings (SSSR count). The maximum Gasteiger partial charge on any atom is 0.239 e. The number of likely N-dealkylation sites (tertiary alicyclic amines) is 2. The molecule has 1 N–H and O–H groups in total. The molecular formula is C18H27N5O2. The van der Waals surface area contributed by atoms with Crippen LogP contribution < -0.4 is 5.32 Å². The monoisotopic (exact) mass is 345 g/mol. The van der Waals surface area contributed by atoms with Gasteiger partial charge in [0.15, 0.2) is 0 Å². The number of nitrogens with zero attached hydrogens (tertiary/aromatic N) is 4. The van der Waals surface area contributed by atoms with Crippen molar-refractivity contribution in [2.45, 2.75) is 45.2 Å². The van der Waals surface area contributed by atoms with E-state index in [-0.39, 0.29) is 24.4 Å². The van der Waals surface area contributed by atoms with E-state index in [0.717, 1.165) is 38.2 Å². The third kappa shape index (κ3) is 4.75. The SMILES string of the molecule is CCC[C@H]1CN(Cc2ncccn2)C[C@@H]1NC(=O)CN1CCCC1=O. The molecule has 0 aromatic carbocycles. The Morgan fingerprint density at radius 2 is 2.12 bits per heavy atom. The summed E-state index contributed by atoms with van der Waals surface area (Å²) in [6.07, 6.45) is 7.12. The van der Waals surface area contributed by atoms with Gasteiger partial charge in [-0.2, -0.15) is 0 Å². The Morgan fingerprint density at radius 3 is 2.80 bits per heavy atom. The normalized spacial score (nSPS) is 24.0. The first-order valence-corrected chi connectivity index (χ1v) is 9.21. The van der Waals surface area contributed by atoms with Crippen molar-refractivity contribution in [3.8, 4) is 0 Å². The lowest BCUT2D eigenvalue weighted by Crippen LogP contribution is -2.45. The summed E-state index contributed by atoms with van der Waals surface area (Å²) in [6, 6.07) is 1.95. The molecule has 2 amide bonds. The van der Waals surface area contributed by atoms with Gasteiger partial charge in [-0.15, -0.1) is 0 Å². The molecule has 136 valence electrons. The maximum absolute atomic E-state index is 12.4. The number of rotatable bonds is 7. The Hall–Kier alpha value is -2.02. The van der Waals surface area contributed by atoms with Crippen LogP contribution in [0.1, 0.15) is 38.4 Å². The van der Waals surface area contributed by atoms with E-state index in [0.29, 0.717) is 25.4 Å². The summed E-state index contributed by atoms with van der Waals surface area (Å²) in [7, 11) is 0. The van der Waals surface area contributed by atoms with Crippen molar-refractivity contribution >= 4 is 11.8 Å². The quantitative estimate of drug-likeness (QED) is 0.791. The van der Waals surface area contributed by atoms with Crippen LogP contribution in [-0.2, 0) is 16.1 Å². The summed E-state index contributed by atoms with van der Waals surface area (Å²) in [5, 5.41) is 3.16. The van der Waals surface area contributed by atoms with Gasteiger partial charge in [-0.3, -0.25) is 14.5 Å². The zero-order chi connectivity index (χ0) is 17.6. The van der Waals surface area contributed by atoms with E-state index >= 15 is 0 Å². The Kier molecular flexibility index (Phi) is 5.96. The molecule has 2 saturated heterocycles. The molecule has 7 heteroatoms. The lowest BCUT2D eigenvalue weighted by Gasteiger charge is -2.21. The fraction of sp³-hybridized carbons (Fsp3) is 0.667. The van der Waals surface area contributed by atoms with Gasteiger partial charge in [-0.25, -0.2) is 9.97 Å². The molecular weight excluding hydrogens is 318 g/mol. The number of nitrogens with one attached hydrogen (secondary N) is 1. The van der Waals surface area contributed by atoms with Crippen LogP contribution in [0, 0.1) is 5.92 Å². The fourth-order valence-corrected chi connectivity index (χ4v) is 3.83. The lowest BCUT2D eigenvalue weighted by molar-refractivity contribution is -0.133. The minimum Gasteiger partial charge on any atom is -0.350 e. The van der Waals surface area contributed by atoms with Gasteiger partial charge < -0.3 is 10.2 Å². The second-order valence-corrected chi connectivity index (χ2v) is 7.00. The van der Waals surface area contributed by atoms with Crippen LogP contribution >= 0.6 is 0 Å². The van der Waals surface area contributed by atoms with Gasteiger partial charge in [-0.1, -0.05) is 13.3 Å². The molecule has 0 unspecified atom stereocenters. The second-order valence-electron chi connectivity index (χ2n) is 7.00. The Labute approximate surface area is 148 Å². The van der Waals surface area contributed by atoms with E-state index in [2.05, 4.69) is 27.1 Å². The van der Waals surface area contributed by atoms with Crippen LogP contribution in [0.4, 0.5) is 0 Å². The summed E-state index contributed by atoms with van der Waals surface area (Å²) >= 11 is 0. The zero-order valence-corrected chi connectivity index (χ0v) is 14.9. The third-order valence-electron chi connectivity index (χ3n) is 5.01. The average molecular weight is 345 g/mol. The Balaban J connectivity index is 1.54. The molecule has 2 fully saturated rings. The first-order valence-electron chi connectivity index (χ1n) is 9.21. The molecule has 25 heavy (non-hydrogen) atoms. The molecule has 0 spiro atoms. The van der Waals surface area contributed by atoms with Crippen LogP contribution in [0.3, 0.4) is 0 Å². The molecule has 1 aromatic rings. The number of aromatic nitrogens is 2. The van der Waals surface area contributed by atoms with Crippen molar-refractivity contribution in [3.05, 3.63) is 24.3 Å². The van der Waals surface area contributed by atoms with Gasteiger partial charge in [0.2, 0.25) is 11.8 Å². The van der Waals surface area contributed by atoms with E-state index in [4.69, 9.17) is 0 Å². The fourth-order valence-electron chi connectivity index (χ4n) is 3.83. The maximum atomic E-state index is 12.4. The topological polar surface area (TPSA) is 78.4 Å². The first kappa shape index (κ1) is 17.8. The third-order valence-corrected chi connectivity index (χ3v) is 5.01. The van der Waals surface area contributed by atoms with Crippen molar-refractivity contribution in [2.24, 2.45) is 5.92 Å². The number of hydrogen-bond donors (Lipinski definition) is 1. The molecule has 2 atom stereocenters. The average Bonchev–Trinajstić information content (AvgIpc) is 3.15. The second kappa shape index (κ2) is 8.38. The van der Waals surface area contributed by atoms with E-state index in [9.17, 15) is 9.59 Å². The van der Waals surface area contributed by atoms with E-state index in [1.807, 2.05) is 6.07 Å². The van der Waals surface area contributed by atoms with E-state index in [1.54, 1.807) is 17.3 Å². The lowest BCUT2D eigenvalue weighted by atomic mass is 9.98. The predicted molar refractivity (Wildman–Crippen MR) is 93.5 cm³/mol. The summed E-state index contributed by atoms with van der Waals surface area (Å²) in [5.74, 6) is 1.30. The molecule has 0 aliphatic carbocycles. The summed E-state index contributed by atoms with van der Waals surface area (Å²) in [4.78, 5) is 36.6. The van der Waals surface area contributed by atoms with Crippen LogP contribution in [0.5, 0.6) is 0 Å². The molecule has 0 bridgehead atoms. The van der Waals surface area contributed by atoms with Crippen LogP contribution in [0.2, 0.25) is 0 Å². The van der Waals surface area contributed by atoms with Gasteiger partial charge >= 0.3 is 0 Å². The number of amides is 2. The molecule has 2 aliphatic heterocycles. The van der Waals surface area contributed by atoms with Crippen LogP contribution in [-0.4, -0.2) is 63.8 Å². The number of carbonyl (C=O) groups is 2. The summed E-state index contributed by atoms with van der Waals surface area (Å²) in [5.41, 5.74) is 0.